The summed E-state index contributed by atoms with van der Waals surface area (Å²) in [6.07, 6.45) is 0.133. The van der Waals surface area contributed by atoms with Gasteiger partial charge in [-0.2, -0.15) is 0 Å². The van der Waals surface area contributed by atoms with E-state index in [1.807, 2.05) is 30.3 Å². The molecule has 0 aliphatic carbocycles. The number of rotatable bonds is 4. The molecule has 26 heavy (non-hydrogen) atoms. The van der Waals surface area contributed by atoms with Crippen molar-refractivity contribution in [3.63, 3.8) is 0 Å². The lowest BCUT2D eigenvalue weighted by Gasteiger charge is -2.12. The number of nitrogens with one attached hydrogen (secondary N) is 1. The van der Waals surface area contributed by atoms with E-state index in [0.717, 1.165) is 5.56 Å². The zero-order valence-corrected chi connectivity index (χ0v) is 14.0. The SMILES string of the molecule is Nc1nc2c([C@H]3C[C@H](O)[C@@H](CO)O3)c[nH]c2c(=O)n1Cc1ccccc1. The van der Waals surface area contributed by atoms with E-state index in [-0.39, 0.29) is 18.1 Å². The van der Waals surface area contributed by atoms with Crippen LogP contribution in [0.5, 0.6) is 0 Å². The summed E-state index contributed by atoms with van der Waals surface area (Å²) in [4.78, 5) is 20.2. The average Bonchev–Trinajstić information content (AvgIpc) is 3.22. The van der Waals surface area contributed by atoms with Gasteiger partial charge in [0.15, 0.2) is 0 Å². The van der Waals surface area contributed by atoms with Crippen LogP contribution in [0.25, 0.3) is 11.0 Å². The van der Waals surface area contributed by atoms with E-state index in [1.54, 1.807) is 6.20 Å². The molecule has 0 amide bonds. The first-order valence-corrected chi connectivity index (χ1v) is 8.44. The van der Waals surface area contributed by atoms with Crippen LogP contribution in [-0.2, 0) is 11.3 Å². The zero-order valence-electron chi connectivity index (χ0n) is 14.0. The van der Waals surface area contributed by atoms with Crippen LogP contribution in [0.1, 0.15) is 23.7 Å². The van der Waals surface area contributed by atoms with Gasteiger partial charge in [-0.1, -0.05) is 30.3 Å². The van der Waals surface area contributed by atoms with Crippen molar-refractivity contribution in [3.05, 3.63) is 58.0 Å². The van der Waals surface area contributed by atoms with E-state index in [2.05, 4.69) is 9.97 Å². The molecule has 1 aromatic carbocycles. The normalized spacial score (nSPS) is 22.9. The molecule has 8 heteroatoms. The summed E-state index contributed by atoms with van der Waals surface area (Å²) in [6, 6.07) is 9.53. The highest BCUT2D eigenvalue weighted by Gasteiger charge is 2.36. The smallest absolute Gasteiger partial charge is 0.279 e. The molecule has 1 saturated heterocycles. The predicted octanol–water partition coefficient (Wildman–Crippen LogP) is 0.538. The van der Waals surface area contributed by atoms with Crippen LogP contribution in [0.15, 0.2) is 41.3 Å². The second-order valence-corrected chi connectivity index (χ2v) is 6.46. The highest BCUT2D eigenvalue weighted by Crippen LogP contribution is 2.35. The highest BCUT2D eigenvalue weighted by molar-refractivity contribution is 5.79. The molecule has 0 radical (unpaired) electrons. The van der Waals surface area contributed by atoms with Crippen LogP contribution in [0, 0.1) is 0 Å². The van der Waals surface area contributed by atoms with Gasteiger partial charge in [0.05, 0.1) is 25.4 Å². The number of aromatic nitrogens is 3. The van der Waals surface area contributed by atoms with Crippen LogP contribution >= 0.6 is 0 Å². The fraction of sp³-hybridized carbons (Fsp3) is 0.333. The van der Waals surface area contributed by atoms with E-state index < -0.39 is 18.3 Å². The fourth-order valence-corrected chi connectivity index (χ4v) is 3.39. The Balaban J connectivity index is 1.73. The summed E-state index contributed by atoms with van der Waals surface area (Å²) in [6.45, 7) is 0.0630. The lowest BCUT2D eigenvalue weighted by atomic mass is 10.1. The van der Waals surface area contributed by atoms with Crippen LogP contribution in [0.3, 0.4) is 0 Å². The molecule has 0 unspecified atom stereocenters. The Labute approximate surface area is 148 Å². The number of nitrogens with two attached hydrogens (primary N) is 1. The van der Waals surface area contributed by atoms with E-state index in [9.17, 15) is 15.0 Å². The molecule has 1 aliphatic rings. The van der Waals surface area contributed by atoms with Gasteiger partial charge in [0.2, 0.25) is 5.95 Å². The van der Waals surface area contributed by atoms with Gasteiger partial charge in [-0.05, 0) is 5.56 Å². The summed E-state index contributed by atoms with van der Waals surface area (Å²) in [5, 5.41) is 19.2. The Morgan fingerprint density at radius 2 is 2.12 bits per heavy atom. The van der Waals surface area contributed by atoms with Crippen molar-refractivity contribution < 1.29 is 14.9 Å². The van der Waals surface area contributed by atoms with Crippen LogP contribution in [0.4, 0.5) is 5.95 Å². The molecule has 4 rings (SSSR count). The second kappa shape index (κ2) is 6.56. The van der Waals surface area contributed by atoms with Gasteiger partial charge in [-0.15, -0.1) is 0 Å². The van der Waals surface area contributed by atoms with Crippen molar-refractivity contribution in [2.45, 2.75) is 31.3 Å². The number of aromatic amines is 1. The number of aliphatic hydroxyl groups excluding tert-OH is 2. The Bertz CT molecular complexity index is 982. The van der Waals surface area contributed by atoms with Gasteiger partial charge in [0, 0.05) is 18.2 Å². The number of hydrogen-bond acceptors (Lipinski definition) is 6. The van der Waals surface area contributed by atoms with Crippen molar-refractivity contribution in [1.29, 1.82) is 0 Å². The number of nitrogens with zero attached hydrogens (tertiary/aromatic N) is 2. The molecule has 3 heterocycles. The highest BCUT2D eigenvalue weighted by atomic mass is 16.5. The van der Waals surface area contributed by atoms with Crippen LogP contribution in [0.2, 0.25) is 0 Å². The van der Waals surface area contributed by atoms with Gasteiger partial charge in [-0.3, -0.25) is 9.36 Å². The molecule has 0 spiro atoms. The standard InChI is InChI=1S/C18H20N4O4/c19-18-21-15-11(13-6-12(24)14(9-23)26-13)7-20-16(15)17(25)22(18)8-10-4-2-1-3-5-10/h1-5,7,12-14,20,23-24H,6,8-9H2,(H2,19,21)/t12-,13+,14+/m0/s1. The van der Waals surface area contributed by atoms with Gasteiger partial charge >= 0.3 is 0 Å². The number of nitrogen functional groups attached to an aromatic ring is 1. The quantitative estimate of drug-likeness (QED) is 0.540. The fourth-order valence-electron chi connectivity index (χ4n) is 3.39. The molecule has 3 atom stereocenters. The topological polar surface area (TPSA) is 126 Å². The number of anilines is 1. The van der Waals surface area contributed by atoms with E-state index in [4.69, 9.17) is 10.5 Å². The lowest BCUT2D eigenvalue weighted by molar-refractivity contribution is -0.0222. The molecule has 5 N–H and O–H groups in total. The third kappa shape index (κ3) is 2.78. The van der Waals surface area contributed by atoms with Crippen molar-refractivity contribution in [2.24, 2.45) is 0 Å². The second-order valence-electron chi connectivity index (χ2n) is 6.46. The maximum absolute atomic E-state index is 12.8. The van der Waals surface area contributed by atoms with Crippen LogP contribution < -0.4 is 11.3 Å². The molecule has 0 bridgehead atoms. The van der Waals surface area contributed by atoms with Crippen molar-refractivity contribution in [3.8, 4) is 0 Å². The van der Waals surface area contributed by atoms with Gasteiger partial charge in [0.1, 0.15) is 17.1 Å². The summed E-state index contributed by atoms with van der Waals surface area (Å²) in [5.74, 6) is 0.115. The molecular weight excluding hydrogens is 336 g/mol. The van der Waals surface area contributed by atoms with E-state index in [1.165, 1.54) is 4.57 Å². The third-order valence-electron chi connectivity index (χ3n) is 4.78. The first kappa shape index (κ1) is 16.8. The van der Waals surface area contributed by atoms with Gasteiger partial charge < -0.3 is 25.7 Å². The Kier molecular flexibility index (Phi) is 4.23. The van der Waals surface area contributed by atoms with E-state index in [0.29, 0.717) is 29.6 Å². The summed E-state index contributed by atoms with van der Waals surface area (Å²) < 4.78 is 7.09. The Morgan fingerprint density at radius 3 is 2.81 bits per heavy atom. The Morgan fingerprint density at radius 1 is 1.35 bits per heavy atom. The molecule has 2 aromatic heterocycles. The van der Waals surface area contributed by atoms with Crippen LogP contribution in [-0.4, -0.2) is 43.6 Å². The van der Waals surface area contributed by atoms with Crippen molar-refractivity contribution in [2.75, 3.05) is 12.3 Å². The molecule has 1 fully saturated rings. The summed E-state index contributed by atoms with van der Waals surface area (Å²) >= 11 is 0. The lowest BCUT2D eigenvalue weighted by Crippen LogP contribution is -2.25. The average molecular weight is 356 g/mol. The first-order chi connectivity index (χ1) is 12.6. The van der Waals surface area contributed by atoms with Gasteiger partial charge in [0.25, 0.3) is 5.56 Å². The third-order valence-corrected chi connectivity index (χ3v) is 4.78. The number of H-pyrrole nitrogens is 1. The van der Waals surface area contributed by atoms with E-state index >= 15 is 0 Å². The number of aliphatic hydroxyl groups is 2. The molecular formula is C18H20N4O4. The molecule has 1 aliphatic heterocycles. The maximum atomic E-state index is 12.8. The van der Waals surface area contributed by atoms with Crippen molar-refractivity contribution >= 4 is 17.0 Å². The minimum atomic E-state index is -0.759. The summed E-state index contributed by atoms with van der Waals surface area (Å²) in [5.41, 5.74) is 8.17. The van der Waals surface area contributed by atoms with Gasteiger partial charge in [-0.25, -0.2) is 4.98 Å². The molecule has 136 valence electrons. The predicted molar refractivity (Wildman–Crippen MR) is 95.6 cm³/mol. The number of benzene rings is 1. The minimum Gasteiger partial charge on any atom is -0.394 e. The molecule has 8 nitrogen and oxygen atoms in total. The number of ether oxygens (including phenoxy) is 1. The molecule has 0 saturated carbocycles. The zero-order chi connectivity index (χ0) is 18.3. The first-order valence-electron chi connectivity index (χ1n) is 8.44. The molecule has 3 aromatic rings. The van der Waals surface area contributed by atoms with Crippen molar-refractivity contribution in [1.82, 2.24) is 14.5 Å². The number of hydrogen-bond donors (Lipinski definition) is 4. The number of fused-ring (bicyclic) bond motifs is 1. The largest absolute Gasteiger partial charge is 0.394 e. The minimum absolute atomic E-state index is 0.115. The Hall–Kier alpha value is -2.68. The maximum Gasteiger partial charge on any atom is 0.279 e. The summed E-state index contributed by atoms with van der Waals surface area (Å²) in [7, 11) is 0. The monoisotopic (exact) mass is 356 g/mol.